The minimum atomic E-state index is -0.755. The Hall–Kier alpha value is -1.53. The summed E-state index contributed by atoms with van der Waals surface area (Å²) in [4.78, 5) is 13.1. The zero-order valence-corrected chi connectivity index (χ0v) is 15.8. The number of carbonyl (C=O) groups is 1. The fourth-order valence-corrected chi connectivity index (χ4v) is 3.16. The number of nitrogens with one attached hydrogen (secondary N) is 1. The summed E-state index contributed by atoms with van der Waals surface area (Å²) < 4.78 is 19.3. The summed E-state index contributed by atoms with van der Waals surface area (Å²) >= 11 is 5.81. The van der Waals surface area contributed by atoms with Crippen LogP contribution in [0.4, 0.5) is 14.9 Å². The van der Waals surface area contributed by atoms with Crippen LogP contribution in [-0.2, 0) is 4.74 Å². The molecule has 25 heavy (non-hydrogen) atoms. The van der Waals surface area contributed by atoms with E-state index >= 15 is 0 Å². The van der Waals surface area contributed by atoms with Crippen LogP contribution in [0.3, 0.4) is 0 Å². The monoisotopic (exact) mass is 371 g/mol. The molecule has 140 valence electrons. The van der Waals surface area contributed by atoms with Crippen LogP contribution in [-0.4, -0.2) is 37.9 Å². The summed E-state index contributed by atoms with van der Waals surface area (Å²) in [6.07, 6.45) is 0.719. The van der Waals surface area contributed by atoms with E-state index in [4.69, 9.17) is 22.1 Å². The number of ether oxygens (including phenoxy) is 1. The van der Waals surface area contributed by atoms with E-state index < -0.39 is 6.09 Å². The van der Waals surface area contributed by atoms with Crippen molar-refractivity contribution in [2.75, 3.05) is 24.5 Å². The fourth-order valence-electron chi connectivity index (χ4n) is 3.00. The van der Waals surface area contributed by atoms with E-state index in [1.54, 1.807) is 12.1 Å². The Kier molecular flexibility index (Phi) is 6.52. The molecule has 2 rings (SSSR count). The van der Waals surface area contributed by atoms with Crippen LogP contribution in [0.15, 0.2) is 18.2 Å². The molecule has 0 saturated carbocycles. The van der Waals surface area contributed by atoms with Gasteiger partial charge in [0.05, 0.1) is 5.69 Å². The number of halogens is 2. The van der Waals surface area contributed by atoms with E-state index in [0.29, 0.717) is 23.3 Å². The molecular weight excluding hydrogens is 345 g/mol. The predicted molar refractivity (Wildman–Crippen MR) is 98.6 cm³/mol. The molecule has 1 aliphatic rings. The van der Waals surface area contributed by atoms with Gasteiger partial charge in [-0.3, -0.25) is 0 Å². The first-order valence-electron chi connectivity index (χ1n) is 8.56. The van der Waals surface area contributed by atoms with Crippen molar-refractivity contribution in [2.45, 2.75) is 45.8 Å². The summed E-state index contributed by atoms with van der Waals surface area (Å²) in [6.45, 7) is 8.09. The Morgan fingerprint density at radius 3 is 2.60 bits per heavy atom. The number of nitrogens with zero attached hydrogens (tertiary/aromatic N) is 1. The van der Waals surface area contributed by atoms with E-state index in [1.165, 1.54) is 6.07 Å². The van der Waals surface area contributed by atoms with E-state index in [1.807, 2.05) is 25.7 Å². The molecule has 0 aromatic heterocycles. The number of hydrogen-bond acceptors (Lipinski definition) is 4. The number of rotatable bonds is 5. The first-order valence-corrected chi connectivity index (χ1v) is 8.94. The third kappa shape index (κ3) is 5.75. The average Bonchev–Trinajstić information content (AvgIpc) is 2.51. The molecule has 0 bridgehead atoms. The van der Waals surface area contributed by atoms with Crippen molar-refractivity contribution in [2.24, 2.45) is 11.1 Å². The Balaban J connectivity index is 1.86. The van der Waals surface area contributed by atoms with Gasteiger partial charge >= 0.3 is 6.09 Å². The average molecular weight is 372 g/mol. The number of piperidine rings is 1. The van der Waals surface area contributed by atoms with Crippen molar-refractivity contribution < 1.29 is 13.9 Å². The molecule has 1 saturated heterocycles. The zero-order chi connectivity index (χ0) is 18.6. The Bertz CT molecular complexity index is 598. The van der Waals surface area contributed by atoms with Gasteiger partial charge in [0.1, 0.15) is 11.9 Å². The molecular formula is C18H27ClFN3O2. The molecule has 0 aliphatic carbocycles. The van der Waals surface area contributed by atoms with E-state index in [-0.39, 0.29) is 17.3 Å². The third-order valence-electron chi connectivity index (χ3n) is 4.56. The number of carbonyl (C=O) groups excluding carboxylic acids is 1. The summed E-state index contributed by atoms with van der Waals surface area (Å²) in [6, 6.07) is 5.07. The van der Waals surface area contributed by atoms with E-state index in [0.717, 1.165) is 25.9 Å². The van der Waals surface area contributed by atoms with Crippen LogP contribution in [0.25, 0.3) is 0 Å². The van der Waals surface area contributed by atoms with Crippen LogP contribution in [0, 0.1) is 11.2 Å². The second kappa shape index (κ2) is 8.23. The normalized spacial score (nSPS) is 17.4. The van der Waals surface area contributed by atoms with Crippen molar-refractivity contribution >= 4 is 23.4 Å². The molecule has 1 fully saturated rings. The molecule has 1 aliphatic heterocycles. The van der Waals surface area contributed by atoms with Crippen LogP contribution in [0.2, 0.25) is 5.02 Å². The summed E-state index contributed by atoms with van der Waals surface area (Å²) in [5.74, 6) is -0.290. The van der Waals surface area contributed by atoms with Gasteiger partial charge in [-0.1, -0.05) is 32.4 Å². The highest BCUT2D eigenvalue weighted by atomic mass is 35.5. The lowest BCUT2D eigenvalue weighted by atomic mass is 9.88. The van der Waals surface area contributed by atoms with Gasteiger partial charge in [0, 0.05) is 36.1 Å². The number of nitrogens with two attached hydrogens (primary N) is 1. The summed E-state index contributed by atoms with van der Waals surface area (Å²) in [5, 5.41) is 3.86. The topological polar surface area (TPSA) is 67.6 Å². The number of hydrogen-bond donors (Lipinski definition) is 2. The summed E-state index contributed by atoms with van der Waals surface area (Å²) in [5.41, 5.74) is 5.56. The Morgan fingerprint density at radius 2 is 2.08 bits per heavy atom. The number of benzene rings is 1. The largest absolute Gasteiger partial charge is 0.444 e. The minimum absolute atomic E-state index is 0.199. The highest BCUT2D eigenvalue weighted by Gasteiger charge is 2.29. The van der Waals surface area contributed by atoms with Gasteiger partial charge in [0.2, 0.25) is 0 Å². The molecule has 1 atom stereocenters. The molecule has 7 heteroatoms. The van der Waals surface area contributed by atoms with Gasteiger partial charge < -0.3 is 20.7 Å². The van der Waals surface area contributed by atoms with Crippen molar-refractivity contribution in [1.82, 2.24) is 5.32 Å². The fraction of sp³-hybridized carbons (Fsp3) is 0.611. The van der Waals surface area contributed by atoms with Gasteiger partial charge in [0.25, 0.3) is 0 Å². The maximum absolute atomic E-state index is 14.0. The molecule has 3 N–H and O–H groups in total. The van der Waals surface area contributed by atoms with Crippen LogP contribution in [0.1, 0.15) is 33.6 Å². The highest BCUT2D eigenvalue weighted by molar-refractivity contribution is 6.30. The maximum Gasteiger partial charge on any atom is 0.404 e. The standard InChI is InChI=1S/C18H27ClFN3O2/c1-18(2,3)16(25-17(21)24)11-22-13-6-8-23(9-7-13)15-5-4-12(19)10-14(15)20/h4-5,10,13,16,22H,6-9,11H2,1-3H3,(H2,21,24). The van der Waals surface area contributed by atoms with Crippen molar-refractivity contribution in [1.29, 1.82) is 0 Å². The SMILES string of the molecule is CC(C)(C)C(CNC1CCN(c2ccc(Cl)cc2F)CC1)OC(N)=O. The molecule has 1 aromatic rings. The minimum Gasteiger partial charge on any atom is -0.444 e. The number of amides is 1. The van der Waals surface area contributed by atoms with Crippen molar-refractivity contribution in [3.8, 4) is 0 Å². The van der Waals surface area contributed by atoms with Crippen molar-refractivity contribution in [3.05, 3.63) is 29.0 Å². The van der Waals surface area contributed by atoms with Gasteiger partial charge in [-0.25, -0.2) is 9.18 Å². The van der Waals surface area contributed by atoms with Gasteiger partial charge in [0.15, 0.2) is 0 Å². The molecule has 1 unspecified atom stereocenters. The first kappa shape index (κ1) is 19.8. The molecule has 1 aromatic carbocycles. The van der Waals surface area contributed by atoms with Gasteiger partial charge in [-0.05, 0) is 31.0 Å². The van der Waals surface area contributed by atoms with Gasteiger partial charge in [-0.2, -0.15) is 0 Å². The Morgan fingerprint density at radius 1 is 1.44 bits per heavy atom. The first-order chi connectivity index (χ1) is 11.7. The van der Waals surface area contributed by atoms with E-state index in [9.17, 15) is 9.18 Å². The lowest BCUT2D eigenvalue weighted by Gasteiger charge is -2.36. The summed E-state index contributed by atoms with van der Waals surface area (Å²) in [7, 11) is 0. The maximum atomic E-state index is 14.0. The van der Waals surface area contributed by atoms with Crippen LogP contribution in [0.5, 0.6) is 0 Å². The second-order valence-corrected chi connectivity index (χ2v) is 7.99. The predicted octanol–water partition coefficient (Wildman–Crippen LogP) is 3.55. The van der Waals surface area contributed by atoms with E-state index in [2.05, 4.69) is 5.32 Å². The Labute approximate surface area is 153 Å². The lowest BCUT2D eigenvalue weighted by molar-refractivity contribution is 0.0349. The van der Waals surface area contributed by atoms with Crippen LogP contribution < -0.4 is 16.0 Å². The third-order valence-corrected chi connectivity index (χ3v) is 4.80. The zero-order valence-electron chi connectivity index (χ0n) is 15.0. The molecule has 0 radical (unpaired) electrons. The lowest BCUT2D eigenvalue weighted by Crippen LogP contribution is -2.48. The number of primary amides is 1. The van der Waals surface area contributed by atoms with Gasteiger partial charge in [-0.15, -0.1) is 0 Å². The smallest absolute Gasteiger partial charge is 0.404 e. The molecule has 1 heterocycles. The quantitative estimate of drug-likeness (QED) is 0.830. The van der Waals surface area contributed by atoms with Crippen molar-refractivity contribution in [3.63, 3.8) is 0 Å². The molecule has 0 spiro atoms. The number of anilines is 1. The molecule has 5 nitrogen and oxygen atoms in total. The van der Waals surface area contributed by atoms with Crippen LogP contribution >= 0.6 is 11.6 Å². The molecule has 1 amide bonds. The highest BCUT2D eigenvalue weighted by Crippen LogP contribution is 2.26. The second-order valence-electron chi connectivity index (χ2n) is 7.56.